The molecule has 2 unspecified atom stereocenters. The molecule has 1 aromatic heterocycles. The number of aromatic nitrogens is 2. The molecule has 0 spiro atoms. The fourth-order valence-corrected chi connectivity index (χ4v) is 2.47. The van der Waals surface area contributed by atoms with Crippen LogP contribution in [0.1, 0.15) is 47.5 Å². The minimum absolute atomic E-state index is 0.160. The summed E-state index contributed by atoms with van der Waals surface area (Å²) in [6, 6.07) is 1.84. The average Bonchev–Trinajstić information content (AvgIpc) is 2.93. The van der Waals surface area contributed by atoms with Crippen LogP contribution in [0.3, 0.4) is 0 Å². The van der Waals surface area contributed by atoms with E-state index in [1.807, 2.05) is 32.6 Å². The van der Waals surface area contributed by atoms with Crippen LogP contribution in [0.15, 0.2) is 18.5 Å². The highest BCUT2D eigenvalue weighted by Gasteiger charge is 2.32. The molecule has 5 nitrogen and oxygen atoms in total. The van der Waals surface area contributed by atoms with Gasteiger partial charge in [-0.15, -0.1) is 0 Å². The van der Waals surface area contributed by atoms with Crippen molar-refractivity contribution in [1.29, 1.82) is 0 Å². The van der Waals surface area contributed by atoms with Gasteiger partial charge in [-0.1, -0.05) is 27.7 Å². The second-order valence-corrected chi connectivity index (χ2v) is 5.46. The van der Waals surface area contributed by atoms with Gasteiger partial charge < -0.3 is 10.2 Å². The second-order valence-electron chi connectivity index (χ2n) is 5.46. The van der Waals surface area contributed by atoms with Gasteiger partial charge in [-0.05, 0) is 31.7 Å². The van der Waals surface area contributed by atoms with Crippen molar-refractivity contribution in [3.05, 3.63) is 18.5 Å². The average molecular weight is 292 g/mol. The molecular formula is C16H28N4O. The molecule has 21 heavy (non-hydrogen) atoms. The van der Waals surface area contributed by atoms with Crippen molar-refractivity contribution >= 4 is 11.9 Å². The van der Waals surface area contributed by atoms with Crippen LogP contribution in [-0.2, 0) is 4.79 Å². The Morgan fingerprint density at radius 1 is 1.33 bits per heavy atom. The van der Waals surface area contributed by atoms with E-state index < -0.39 is 0 Å². The number of nitrogens with one attached hydrogen (secondary N) is 1. The topological polar surface area (TPSA) is 58.1 Å². The lowest BCUT2D eigenvalue weighted by Gasteiger charge is -2.29. The summed E-state index contributed by atoms with van der Waals surface area (Å²) in [7, 11) is 0. The molecule has 0 aliphatic carbocycles. The van der Waals surface area contributed by atoms with Crippen LogP contribution in [0.2, 0.25) is 0 Å². The molecule has 1 saturated heterocycles. The largest absolute Gasteiger partial charge is 0.342 e. The summed E-state index contributed by atoms with van der Waals surface area (Å²) < 4.78 is 0. The van der Waals surface area contributed by atoms with E-state index in [-0.39, 0.29) is 17.9 Å². The van der Waals surface area contributed by atoms with Crippen molar-refractivity contribution < 1.29 is 4.79 Å². The van der Waals surface area contributed by atoms with Crippen LogP contribution in [-0.4, -0.2) is 39.4 Å². The van der Waals surface area contributed by atoms with Gasteiger partial charge in [0.15, 0.2) is 0 Å². The van der Waals surface area contributed by atoms with Crippen LogP contribution in [0.5, 0.6) is 0 Å². The van der Waals surface area contributed by atoms with Gasteiger partial charge in [-0.25, -0.2) is 9.97 Å². The van der Waals surface area contributed by atoms with Crippen molar-refractivity contribution in [2.24, 2.45) is 5.92 Å². The molecule has 2 atom stereocenters. The van der Waals surface area contributed by atoms with Gasteiger partial charge in [0.1, 0.15) is 6.04 Å². The summed E-state index contributed by atoms with van der Waals surface area (Å²) in [4.78, 5) is 22.9. The number of amides is 1. The van der Waals surface area contributed by atoms with Crippen LogP contribution in [0.25, 0.3) is 0 Å². The zero-order chi connectivity index (χ0) is 15.8. The number of anilines is 1. The monoisotopic (exact) mass is 292 g/mol. The summed E-state index contributed by atoms with van der Waals surface area (Å²) in [5, 5.41) is 3.16. The van der Waals surface area contributed by atoms with Gasteiger partial charge in [0, 0.05) is 25.0 Å². The summed E-state index contributed by atoms with van der Waals surface area (Å²) in [6.07, 6.45) is 5.54. The first-order valence-electron chi connectivity index (χ1n) is 7.93. The van der Waals surface area contributed by atoms with Gasteiger partial charge in [0.25, 0.3) is 0 Å². The third-order valence-electron chi connectivity index (χ3n) is 3.62. The normalized spacial score (nSPS) is 19.0. The summed E-state index contributed by atoms with van der Waals surface area (Å²) in [5.74, 6) is 0.873. The quantitative estimate of drug-likeness (QED) is 0.927. The highest BCUT2D eigenvalue weighted by molar-refractivity contribution is 5.85. The molecule has 118 valence electrons. The maximum absolute atomic E-state index is 12.6. The minimum atomic E-state index is -0.261. The van der Waals surface area contributed by atoms with Gasteiger partial charge in [0.2, 0.25) is 11.9 Å². The highest BCUT2D eigenvalue weighted by atomic mass is 16.2. The molecule has 0 bridgehead atoms. The zero-order valence-electron chi connectivity index (χ0n) is 13.8. The van der Waals surface area contributed by atoms with Crippen LogP contribution in [0, 0.1) is 5.92 Å². The predicted molar refractivity (Wildman–Crippen MR) is 86.0 cm³/mol. The van der Waals surface area contributed by atoms with E-state index in [1.54, 1.807) is 18.5 Å². The van der Waals surface area contributed by atoms with Crippen molar-refractivity contribution in [3.63, 3.8) is 0 Å². The molecule has 1 aliphatic rings. The highest BCUT2D eigenvalue weighted by Crippen LogP contribution is 2.20. The molecule has 1 amide bonds. The van der Waals surface area contributed by atoms with E-state index in [9.17, 15) is 4.79 Å². The van der Waals surface area contributed by atoms with Crippen LogP contribution < -0.4 is 5.32 Å². The Hall–Kier alpha value is -1.65. The Labute approximate surface area is 128 Å². The number of carbonyl (C=O) groups is 1. The number of hydrogen-bond donors (Lipinski definition) is 1. The van der Waals surface area contributed by atoms with Crippen molar-refractivity contribution in [3.8, 4) is 0 Å². The predicted octanol–water partition coefficient (Wildman–Crippen LogP) is 2.95. The number of rotatable bonds is 4. The Morgan fingerprint density at radius 3 is 2.43 bits per heavy atom. The maximum atomic E-state index is 12.6. The van der Waals surface area contributed by atoms with Crippen LogP contribution >= 0.6 is 0 Å². The molecule has 2 rings (SSSR count). The molecule has 1 fully saturated rings. The third-order valence-corrected chi connectivity index (χ3v) is 3.62. The van der Waals surface area contributed by atoms with E-state index in [4.69, 9.17) is 0 Å². The first kappa shape index (κ1) is 17.4. The first-order valence-corrected chi connectivity index (χ1v) is 7.93. The zero-order valence-corrected chi connectivity index (χ0v) is 13.8. The van der Waals surface area contributed by atoms with E-state index in [1.165, 1.54) is 0 Å². The molecule has 2 heterocycles. The summed E-state index contributed by atoms with van der Waals surface area (Å²) >= 11 is 0. The Bertz CT molecular complexity index is 422. The molecule has 0 aromatic carbocycles. The SMILES string of the molecule is CC.CC(C)C(Nc1ncccn1)C(=O)N1CCCC1C. The minimum Gasteiger partial charge on any atom is -0.342 e. The second kappa shape index (κ2) is 8.60. The standard InChI is InChI=1S/C14H22N4O.C2H6/c1-10(2)12(17-14-15-7-5-8-16-14)13(19)18-9-4-6-11(18)3;1-2/h5,7-8,10-12H,4,6,9H2,1-3H3,(H,15,16,17);1-2H3. The molecule has 0 radical (unpaired) electrons. The van der Waals surface area contributed by atoms with Crippen molar-refractivity contribution in [1.82, 2.24) is 14.9 Å². The smallest absolute Gasteiger partial charge is 0.245 e. The van der Waals surface area contributed by atoms with Crippen molar-refractivity contribution in [2.45, 2.75) is 59.5 Å². The van der Waals surface area contributed by atoms with E-state index >= 15 is 0 Å². The Balaban J connectivity index is 0.00000106. The van der Waals surface area contributed by atoms with E-state index in [0.29, 0.717) is 12.0 Å². The number of hydrogen-bond acceptors (Lipinski definition) is 4. The molecule has 1 aromatic rings. The van der Waals surface area contributed by atoms with Gasteiger partial charge in [-0.2, -0.15) is 0 Å². The number of nitrogens with zero attached hydrogens (tertiary/aromatic N) is 3. The number of carbonyl (C=O) groups excluding carboxylic acids is 1. The van der Waals surface area contributed by atoms with Gasteiger partial charge >= 0.3 is 0 Å². The molecular weight excluding hydrogens is 264 g/mol. The van der Waals surface area contributed by atoms with Gasteiger partial charge in [-0.3, -0.25) is 4.79 Å². The molecule has 5 heteroatoms. The first-order chi connectivity index (χ1) is 10.1. The van der Waals surface area contributed by atoms with Crippen LogP contribution in [0.4, 0.5) is 5.95 Å². The Kier molecular flexibility index (Phi) is 7.12. The lowest BCUT2D eigenvalue weighted by atomic mass is 10.0. The van der Waals surface area contributed by atoms with E-state index in [0.717, 1.165) is 19.4 Å². The molecule has 0 saturated carbocycles. The van der Waals surface area contributed by atoms with Gasteiger partial charge in [0.05, 0.1) is 0 Å². The summed E-state index contributed by atoms with van der Waals surface area (Å²) in [5.41, 5.74) is 0. The molecule has 1 aliphatic heterocycles. The fourth-order valence-electron chi connectivity index (χ4n) is 2.47. The fraction of sp³-hybridized carbons (Fsp3) is 0.688. The maximum Gasteiger partial charge on any atom is 0.245 e. The summed E-state index contributed by atoms with van der Waals surface area (Å²) in [6.45, 7) is 11.1. The lowest BCUT2D eigenvalue weighted by molar-refractivity contribution is -0.133. The number of likely N-dealkylation sites (tertiary alicyclic amines) is 1. The molecule has 1 N–H and O–H groups in total. The van der Waals surface area contributed by atoms with Crippen molar-refractivity contribution in [2.75, 3.05) is 11.9 Å². The third kappa shape index (κ3) is 4.69. The van der Waals surface area contributed by atoms with E-state index in [2.05, 4.69) is 22.2 Å². The Morgan fingerprint density at radius 2 is 1.95 bits per heavy atom. The lowest BCUT2D eigenvalue weighted by Crippen LogP contribution is -2.47.